The number of hydrogen-bond donors (Lipinski definition) is 2. The van der Waals surface area contributed by atoms with E-state index in [0.29, 0.717) is 25.9 Å². The fourth-order valence-corrected chi connectivity index (χ4v) is 7.57. The van der Waals surface area contributed by atoms with Crippen molar-refractivity contribution in [2.45, 2.75) is 179 Å². The summed E-state index contributed by atoms with van der Waals surface area (Å²) in [7, 11) is 0. The summed E-state index contributed by atoms with van der Waals surface area (Å²) in [5.74, 6) is -1.23. The Hall–Kier alpha value is -2.41. The second-order valence-corrected chi connectivity index (χ2v) is 14.0. The molecule has 0 aromatic heterocycles. The summed E-state index contributed by atoms with van der Waals surface area (Å²) in [6.45, 7) is 4.41. The number of nitrogens with zero attached hydrogens (tertiary/aromatic N) is 1. The van der Waals surface area contributed by atoms with Crippen molar-refractivity contribution in [3.05, 3.63) is 35.9 Å². The van der Waals surface area contributed by atoms with Crippen LogP contribution in [0.15, 0.2) is 30.3 Å². The molecule has 2 fully saturated rings. The topological polar surface area (TPSA) is 95.9 Å². The lowest BCUT2D eigenvalue weighted by molar-refractivity contribution is -0.151. The van der Waals surface area contributed by atoms with E-state index in [0.717, 1.165) is 37.7 Å². The standard InChI is InChI=1S/C39H64N2O5/c1-3-4-5-6-7-8-9-10-11-12-13-14-15-16-17-21-29-46-39(45)34(28-27-32-23-19-18-20-24-32)40-31(2)37(42)41-35-26-22-25-33(35)30-36(41)38(43)44/h18-20,23-24,31,33-36,40H,3-17,21-22,25-30H2,1-2H3,(H,43,44)/t31?,33-,34?,35-,36-/m0/s1. The Morgan fingerprint density at radius 2 is 1.41 bits per heavy atom. The molecule has 1 aromatic rings. The van der Waals surface area contributed by atoms with Gasteiger partial charge in [-0.05, 0) is 56.9 Å². The summed E-state index contributed by atoms with van der Waals surface area (Å²) in [6, 6.07) is 7.91. The van der Waals surface area contributed by atoms with Gasteiger partial charge in [-0.1, -0.05) is 140 Å². The number of amides is 1. The van der Waals surface area contributed by atoms with Crippen LogP contribution in [0, 0.1) is 5.92 Å². The van der Waals surface area contributed by atoms with Crippen LogP contribution in [0.3, 0.4) is 0 Å². The number of fused-ring (bicyclic) bond motifs is 1. The molecule has 7 heteroatoms. The van der Waals surface area contributed by atoms with Gasteiger partial charge < -0.3 is 14.7 Å². The zero-order valence-corrected chi connectivity index (χ0v) is 29.1. The van der Waals surface area contributed by atoms with Gasteiger partial charge in [0, 0.05) is 6.04 Å². The number of likely N-dealkylation sites (tertiary alicyclic amines) is 1. The van der Waals surface area contributed by atoms with E-state index in [-0.39, 0.29) is 23.8 Å². The molecule has 1 saturated carbocycles. The molecule has 2 N–H and O–H groups in total. The third kappa shape index (κ3) is 13.4. The van der Waals surface area contributed by atoms with Crippen LogP contribution in [0.2, 0.25) is 0 Å². The molecule has 2 aliphatic rings. The van der Waals surface area contributed by atoms with Crippen LogP contribution in [0.25, 0.3) is 0 Å². The summed E-state index contributed by atoms with van der Waals surface area (Å²) in [5.41, 5.74) is 1.12. The predicted octanol–water partition coefficient (Wildman–Crippen LogP) is 8.62. The van der Waals surface area contributed by atoms with Gasteiger partial charge in [-0.25, -0.2) is 4.79 Å². The summed E-state index contributed by atoms with van der Waals surface area (Å²) in [4.78, 5) is 40.5. The fourth-order valence-electron chi connectivity index (χ4n) is 7.57. The summed E-state index contributed by atoms with van der Waals surface area (Å²) >= 11 is 0. The third-order valence-electron chi connectivity index (χ3n) is 10.3. The van der Waals surface area contributed by atoms with Gasteiger partial charge in [-0.15, -0.1) is 0 Å². The smallest absolute Gasteiger partial charge is 0.326 e. The number of nitrogens with one attached hydrogen (secondary N) is 1. The number of carboxylic acid groups (broad SMARTS) is 1. The molecule has 0 radical (unpaired) electrons. The van der Waals surface area contributed by atoms with Crippen LogP contribution in [-0.2, 0) is 25.5 Å². The average Bonchev–Trinajstić information content (AvgIpc) is 3.66. The largest absolute Gasteiger partial charge is 0.480 e. The van der Waals surface area contributed by atoms with Crippen molar-refractivity contribution in [3.63, 3.8) is 0 Å². The molecule has 1 amide bonds. The monoisotopic (exact) mass is 640 g/mol. The Morgan fingerprint density at radius 1 is 0.848 bits per heavy atom. The normalized spacial score (nSPS) is 20.4. The molecular weight excluding hydrogens is 576 g/mol. The first kappa shape index (κ1) is 38.0. The van der Waals surface area contributed by atoms with Crippen molar-refractivity contribution in [2.24, 2.45) is 5.92 Å². The Balaban J connectivity index is 1.34. The second-order valence-electron chi connectivity index (χ2n) is 14.0. The van der Waals surface area contributed by atoms with E-state index >= 15 is 0 Å². The number of aliphatic carboxylic acids is 1. The number of unbranched alkanes of at least 4 members (excludes halogenated alkanes) is 15. The van der Waals surface area contributed by atoms with Gasteiger partial charge in [0.1, 0.15) is 12.1 Å². The summed E-state index contributed by atoms with van der Waals surface area (Å²) in [5, 5.41) is 13.1. The fraction of sp³-hybridized carbons (Fsp3) is 0.769. The van der Waals surface area contributed by atoms with Crippen LogP contribution in [0.1, 0.15) is 154 Å². The Bertz CT molecular complexity index is 1000. The molecule has 1 aliphatic heterocycles. The molecule has 1 heterocycles. The molecular formula is C39H64N2O5. The number of carboxylic acids is 1. The molecule has 3 rings (SSSR count). The van der Waals surface area contributed by atoms with Crippen LogP contribution in [0.5, 0.6) is 0 Å². The minimum absolute atomic E-state index is 0.0116. The number of hydrogen-bond acceptors (Lipinski definition) is 5. The van der Waals surface area contributed by atoms with Crippen molar-refractivity contribution in [3.8, 4) is 0 Å². The third-order valence-corrected chi connectivity index (χ3v) is 10.3. The van der Waals surface area contributed by atoms with E-state index in [1.165, 1.54) is 89.9 Å². The molecule has 5 atom stereocenters. The first-order valence-electron chi connectivity index (χ1n) is 18.9. The van der Waals surface area contributed by atoms with Gasteiger partial charge in [-0.3, -0.25) is 14.9 Å². The van der Waals surface area contributed by atoms with Crippen molar-refractivity contribution >= 4 is 17.8 Å². The Labute approximate surface area is 279 Å². The lowest BCUT2D eigenvalue weighted by Crippen LogP contribution is -2.55. The number of carbonyl (C=O) groups is 3. The number of carbonyl (C=O) groups excluding carboxylic acids is 2. The van der Waals surface area contributed by atoms with Crippen LogP contribution >= 0.6 is 0 Å². The number of esters is 1. The lowest BCUT2D eigenvalue weighted by atomic mass is 10.0. The molecule has 7 nitrogen and oxygen atoms in total. The van der Waals surface area contributed by atoms with Gasteiger partial charge in [0.2, 0.25) is 5.91 Å². The summed E-state index contributed by atoms with van der Waals surface area (Å²) < 4.78 is 5.73. The highest BCUT2D eigenvalue weighted by Crippen LogP contribution is 2.41. The van der Waals surface area contributed by atoms with E-state index < -0.39 is 24.1 Å². The highest BCUT2D eigenvalue weighted by atomic mass is 16.5. The molecule has 1 aromatic carbocycles. The summed E-state index contributed by atoms with van der Waals surface area (Å²) in [6.07, 6.45) is 25.3. The maximum absolute atomic E-state index is 13.6. The van der Waals surface area contributed by atoms with E-state index in [1.54, 1.807) is 11.8 Å². The molecule has 1 saturated heterocycles. The Morgan fingerprint density at radius 3 is 1.98 bits per heavy atom. The average molecular weight is 641 g/mol. The van der Waals surface area contributed by atoms with Crippen molar-refractivity contribution in [1.29, 1.82) is 0 Å². The molecule has 46 heavy (non-hydrogen) atoms. The van der Waals surface area contributed by atoms with Crippen LogP contribution in [-0.4, -0.2) is 58.6 Å². The lowest BCUT2D eigenvalue weighted by Gasteiger charge is -2.32. The maximum Gasteiger partial charge on any atom is 0.326 e. The van der Waals surface area contributed by atoms with Crippen molar-refractivity contribution < 1.29 is 24.2 Å². The van der Waals surface area contributed by atoms with Crippen molar-refractivity contribution in [1.82, 2.24) is 10.2 Å². The van der Waals surface area contributed by atoms with Gasteiger partial charge in [0.15, 0.2) is 0 Å². The van der Waals surface area contributed by atoms with Crippen molar-refractivity contribution in [2.75, 3.05) is 6.61 Å². The zero-order valence-electron chi connectivity index (χ0n) is 29.1. The number of rotatable bonds is 25. The molecule has 260 valence electrons. The number of benzene rings is 1. The van der Waals surface area contributed by atoms with Gasteiger partial charge in [-0.2, -0.15) is 0 Å². The minimum Gasteiger partial charge on any atom is -0.480 e. The zero-order chi connectivity index (χ0) is 33.0. The first-order valence-corrected chi connectivity index (χ1v) is 18.9. The van der Waals surface area contributed by atoms with Crippen LogP contribution in [0.4, 0.5) is 0 Å². The second kappa shape index (κ2) is 22.2. The quantitative estimate of drug-likeness (QED) is 0.0821. The molecule has 0 spiro atoms. The van der Waals surface area contributed by atoms with Gasteiger partial charge in [0.05, 0.1) is 12.6 Å². The first-order chi connectivity index (χ1) is 22.4. The molecule has 2 unspecified atom stereocenters. The van der Waals surface area contributed by atoms with Gasteiger partial charge in [0.25, 0.3) is 0 Å². The highest BCUT2D eigenvalue weighted by molar-refractivity contribution is 5.88. The van der Waals surface area contributed by atoms with E-state index in [2.05, 4.69) is 12.2 Å². The predicted molar refractivity (Wildman–Crippen MR) is 186 cm³/mol. The SMILES string of the molecule is CCCCCCCCCCCCCCCCCCOC(=O)C(CCc1ccccc1)NC(C)C(=O)N1[C@H](C(=O)O)C[C@@H]2CCC[C@@H]21. The van der Waals surface area contributed by atoms with Gasteiger partial charge >= 0.3 is 11.9 Å². The highest BCUT2D eigenvalue weighted by Gasteiger charge is 2.49. The van der Waals surface area contributed by atoms with E-state index in [4.69, 9.17) is 4.74 Å². The maximum atomic E-state index is 13.6. The van der Waals surface area contributed by atoms with E-state index in [1.807, 2.05) is 30.3 Å². The Kier molecular flexibility index (Phi) is 18.4. The molecule has 0 bridgehead atoms. The molecule has 1 aliphatic carbocycles. The number of aryl methyl sites for hydroxylation is 1. The van der Waals surface area contributed by atoms with Crippen LogP contribution < -0.4 is 5.32 Å². The number of ether oxygens (including phenoxy) is 1. The minimum atomic E-state index is -0.936. The van der Waals surface area contributed by atoms with E-state index in [9.17, 15) is 19.5 Å².